The Morgan fingerprint density at radius 3 is 2.29 bits per heavy atom. The lowest BCUT2D eigenvalue weighted by atomic mass is 9.99. The number of rotatable bonds is 5. The largest absolute Gasteiger partial charge is 0.508 e. The van der Waals surface area contributed by atoms with Crippen molar-refractivity contribution in [2.75, 3.05) is 6.54 Å². The predicted octanol–water partition coefficient (Wildman–Crippen LogP) is 2.16. The molecule has 1 amide bonds. The summed E-state index contributed by atoms with van der Waals surface area (Å²) >= 11 is 0. The van der Waals surface area contributed by atoms with E-state index < -0.39 is 23.6 Å². The molecule has 0 aliphatic heterocycles. The normalized spacial score (nSPS) is 12.5. The van der Waals surface area contributed by atoms with Crippen molar-refractivity contribution in [3.05, 3.63) is 29.8 Å². The van der Waals surface area contributed by atoms with E-state index in [0.717, 1.165) is 5.56 Å². The molecule has 3 N–H and O–H groups in total. The summed E-state index contributed by atoms with van der Waals surface area (Å²) in [6.07, 6.45) is -0.384. The molecule has 0 bridgehead atoms. The van der Waals surface area contributed by atoms with E-state index in [9.17, 15) is 19.8 Å². The van der Waals surface area contributed by atoms with Crippen molar-refractivity contribution in [2.24, 2.45) is 5.92 Å². The van der Waals surface area contributed by atoms with E-state index in [1.54, 1.807) is 32.9 Å². The highest BCUT2D eigenvalue weighted by Gasteiger charge is 2.21. The van der Waals surface area contributed by atoms with Crippen LogP contribution in [-0.4, -0.2) is 34.4 Å². The number of aliphatic carboxylic acids is 1. The van der Waals surface area contributed by atoms with Crippen LogP contribution in [0.2, 0.25) is 0 Å². The van der Waals surface area contributed by atoms with Crippen LogP contribution in [0.25, 0.3) is 0 Å². The maximum absolute atomic E-state index is 11.5. The zero-order valence-corrected chi connectivity index (χ0v) is 12.4. The number of amides is 1. The molecule has 0 spiro atoms. The van der Waals surface area contributed by atoms with Gasteiger partial charge in [-0.1, -0.05) is 12.1 Å². The lowest BCUT2D eigenvalue weighted by molar-refractivity contribution is -0.141. The number of carboxylic acids is 1. The van der Waals surface area contributed by atoms with Gasteiger partial charge < -0.3 is 20.3 Å². The van der Waals surface area contributed by atoms with Crippen LogP contribution >= 0.6 is 0 Å². The molecule has 0 aliphatic carbocycles. The Morgan fingerprint density at radius 1 is 1.24 bits per heavy atom. The number of phenols is 1. The van der Waals surface area contributed by atoms with Gasteiger partial charge >= 0.3 is 12.1 Å². The molecule has 0 heterocycles. The second-order valence-electron chi connectivity index (χ2n) is 5.79. The third-order valence-corrected chi connectivity index (χ3v) is 2.66. The van der Waals surface area contributed by atoms with Crippen LogP contribution in [0.4, 0.5) is 4.79 Å². The fourth-order valence-corrected chi connectivity index (χ4v) is 1.68. The molecule has 1 rings (SSSR count). The SMILES string of the molecule is CC(C)(C)OC(=O)NC[C@H](Cc1ccc(O)cc1)C(=O)O. The molecule has 0 radical (unpaired) electrons. The van der Waals surface area contributed by atoms with Crippen molar-refractivity contribution >= 4 is 12.1 Å². The molecule has 0 aliphatic rings. The number of hydrogen-bond donors (Lipinski definition) is 3. The van der Waals surface area contributed by atoms with Gasteiger partial charge in [-0.15, -0.1) is 0 Å². The quantitative estimate of drug-likeness (QED) is 0.773. The Labute approximate surface area is 123 Å². The molecule has 1 atom stereocenters. The number of nitrogens with one attached hydrogen (secondary N) is 1. The molecule has 6 nitrogen and oxygen atoms in total. The molecule has 116 valence electrons. The number of carboxylic acid groups (broad SMARTS) is 1. The summed E-state index contributed by atoms with van der Waals surface area (Å²) in [6, 6.07) is 6.29. The van der Waals surface area contributed by atoms with Gasteiger partial charge in [0.2, 0.25) is 0 Å². The minimum atomic E-state index is -1.00. The van der Waals surface area contributed by atoms with Crippen LogP contribution in [0.15, 0.2) is 24.3 Å². The van der Waals surface area contributed by atoms with E-state index in [0.29, 0.717) is 0 Å². The van der Waals surface area contributed by atoms with Gasteiger partial charge in [-0.3, -0.25) is 4.79 Å². The zero-order chi connectivity index (χ0) is 16.0. The Morgan fingerprint density at radius 2 is 1.81 bits per heavy atom. The maximum Gasteiger partial charge on any atom is 0.407 e. The molecule has 21 heavy (non-hydrogen) atoms. The van der Waals surface area contributed by atoms with Crippen molar-refractivity contribution < 1.29 is 24.5 Å². The summed E-state index contributed by atoms with van der Waals surface area (Å²) < 4.78 is 5.06. The molecular weight excluding hydrogens is 274 g/mol. The van der Waals surface area contributed by atoms with E-state index in [2.05, 4.69) is 5.32 Å². The fraction of sp³-hybridized carbons (Fsp3) is 0.467. The third-order valence-electron chi connectivity index (χ3n) is 2.66. The Bertz CT molecular complexity index is 490. The summed E-state index contributed by atoms with van der Waals surface area (Å²) in [7, 11) is 0. The van der Waals surface area contributed by atoms with Gasteiger partial charge in [0.05, 0.1) is 5.92 Å². The van der Waals surface area contributed by atoms with Crippen molar-refractivity contribution in [3.63, 3.8) is 0 Å². The van der Waals surface area contributed by atoms with Crippen LogP contribution in [0.3, 0.4) is 0 Å². The first-order valence-electron chi connectivity index (χ1n) is 6.65. The van der Waals surface area contributed by atoms with E-state index in [4.69, 9.17) is 4.74 Å². The summed E-state index contributed by atoms with van der Waals surface area (Å²) in [6.45, 7) is 5.18. The summed E-state index contributed by atoms with van der Waals surface area (Å²) in [5.74, 6) is -1.64. The molecule has 0 saturated heterocycles. The van der Waals surface area contributed by atoms with Gasteiger partial charge in [-0.2, -0.15) is 0 Å². The van der Waals surface area contributed by atoms with Gasteiger partial charge in [0, 0.05) is 6.54 Å². The van der Waals surface area contributed by atoms with Crippen LogP contribution < -0.4 is 5.32 Å². The average Bonchev–Trinajstić information content (AvgIpc) is 2.34. The highest BCUT2D eigenvalue weighted by Crippen LogP contribution is 2.14. The lowest BCUT2D eigenvalue weighted by Gasteiger charge is -2.20. The minimum Gasteiger partial charge on any atom is -0.508 e. The molecule has 1 aromatic rings. The van der Waals surface area contributed by atoms with Gasteiger partial charge in [0.15, 0.2) is 0 Å². The first kappa shape index (κ1) is 16.8. The lowest BCUT2D eigenvalue weighted by Crippen LogP contribution is -2.37. The zero-order valence-electron chi connectivity index (χ0n) is 12.4. The molecular formula is C15H21NO5. The second kappa shape index (κ2) is 6.97. The van der Waals surface area contributed by atoms with E-state index in [1.807, 2.05) is 0 Å². The minimum absolute atomic E-state index is 0.0227. The summed E-state index contributed by atoms with van der Waals surface area (Å²) in [5.41, 5.74) is 0.144. The number of carbonyl (C=O) groups excluding carboxylic acids is 1. The molecule has 1 aromatic carbocycles. The second-order valence-corrected chi connectivity index (χ2v) is 5.79. The predicted molar refractivity (Wildman–Crippen MR) is 77.2 cm³/mol. The topological polar surface area (TPSA) is 95.9 Å². The maximum atomic E-state index is 11.5. The number of hydrogen-bond acceptors (Lipinski definition) is 4. The number of ether oxygens (including phenoxy) is 1. The van der Waals surface area contributed by atoms with E-state index >= 15 is 0 Å². The monoisotopic (exact) mass is 295 g/mol. The van der Waals surface area contributed by atoms with Gasteiger partial charge in [0.25, 0.3) is 0 Å². The fourth-order valence-electron chi connectivity index (χ4n) is 1.68. The first-order chi connectivity index (χ1) is 9.67. The smallest absolute Gasteiger partial charge is 0.407 e. The van der Waals surface area contributed by atoms with Gasteiger partial charge in [-0.25, -0.2) is 4.79 Å². The first-order valence-corrected chi connectivity index (χ1v) is 6.65. The Kier molecular flexibility index (Phi) is 5.58. The van der Waals surface area contributed by atoms with Gasteiger partial charge in [-0.05, 0) is 44.9 Å². The van der Waals surface area contributed by atoms with Crippen molar-refractivity contribution in [1.29, 1.82) is 0 Å². The van der Waals surface area contributed by atoms with Crippen LogP contribution in [0.5, 0.6) is 5.75 Å². The van der Waals surface area contributed by atoms with Crippen molar-refractivity contribution in [1.82, 2.24) is 5.32 Å². The van der Waals surface area contributed by atoms with Crippen LogP contribution in [0.1, 0.15) is 26.3 Å². The van der Waals surface area contributed by atoms with Crippen molar-refractivity contribution in [3.8, 4) is 5.75 Å². The summed E-state index contributed by atoms with van der Waals surface area (Å²) in [5, 5.41) is 20.8. The third kappa shape index (κ3) is 6.65. The Hall–Kier alpha value is -2.24. The molecule has 0 saturated carbocycles. The number of phenolic OH excluding ortho intramolecular Hbond substituents is 1. The number of benzene rings is 1. The summed E-state index contributed by atoms with van der Waals surface area (Å²) in [4.78, 5) is 22.8. The molecule has 0 fully saturated rings. The van der Waals surface area contributed by atoms with Crippen molar-refractivity contribution in [2.45, 2.75) is 32.8 Å². The number of alkyl carbamates (subject to hydrolysis) is 1. The molecule has 6 heteroatoms. The average molecular weight is 295 g/mol. The number of aromatic hydroxyl groups is 1. The van der Waals surface area contributed by atoms with E-state index in [1.165, 1.54) is 12.1 Å². The van der Waals surface area contributed by atoms with Crippen LogP contribution in [-0.2, 0) is 16.0 Å². The standard InChI is InChI=1S/C15H21NO5/c1-15(2,3)21-14(20)16-9-11(13(18)19)8-10-4-6-12(17)7-5-10/h4-7,11,17H,8-9H2,1-3H3,(H,16,20)(H,18,19)/t11-/m0/s1. The van der Waals surface area contributed by atoms with E-state index in [-0.39, 0.29) is 18.7 Å². The number of carbonyl (C=O) groups is 2. The Balaban J connectivity index is 2.56. The highest BCUT2D eigenvalue weighted by atomic mass is 16.6. The molecule has 0 aromatic heterocycles. The molecule has 0 unspecified atom stereocenters. The van der Waals surface area contributed by atoms with Gasteiger partial charge in [0.1, 0.15) is 11.4 Å². The highest BCUT2D eigenvalue weighted by molar-refractivity contribution is 5.73. The van der Waals surface area contributed by atoms with Crippen LogP contribution in [0, 0.1) is 5.92 Å².